The van der Waals surface area contributed by atoms with Crippen LogP contribution < -0.4 is 15.4 Å². The van der Waals surface area contributed by atoms with Crippen molar-refractivity contribution in [3.63, 3.8) is 0 Å². The van der Waals surface area contributed by atoms with E-state index in [-0.39, 0.29) is 59.8 Å². The quantitative estimate of drug-likeness (QED) is 0.0413. The Bertz CT molecular complexity index is 2250. The first-order chi connectivity index (χ1) is 31.9. The summed E-state index contributed by atoms with van der Waals surface area (Å²) in [5.41, 5.74) is 0.386. The first-order valence-corrected chi connectivity index (χ1v) is 22.6. The summed E-state index contributed by atoms with van der Waals surface area (Å²) in [5, 5.41) is 48.4. The average molecular weight is 935 g/mol. The molecular weight excluding hydrogens is 873 g/mol. The highest BCUT2D eigenvalue weighted by atomic mass is 16.7. The molecule has 4 aliphatic heterocycles. The van der Waals surface area contributed by atoms with Gasteiger partial charge in [0.25, 0.3) is 5.91 Å². The van der Waals surface area contributed by atoms with Crippen molar-refractivity contribution in [2.75, 3.05) is 32.2 Å². The Morgan fingerprint density at radius 3 is 2.24 bits per heavy atom. The number of hydrogen-bond acceptors (Lipinski definition) is 16. The third-order valence-electron chi connectivity index (χ3n) is 13.0. The van der Waals surface area contributed by atoms with Gasteiger partial charge in [0.15, 0.2) is 30.6 Å². The van der Waals surface area contributed by atoms with Gasteiger partial charge in [-0.2, -0.15) is 0 Å². The molecule has 6 N–H and O–H groups in total. The van der Waals surface area contributed by atoms with Crippen molar-refractivity contribution in [2.24, 2.45) is 5.92 Å². The number of hydrogen-bond donors (Lipinski definition) is 6. The smallest absolute Gasteiger partial charge is 0.340 e. The van der Waals surface area contributed by atoms with Crippen LogP contribution in [0.3, 0.4) is 0 Å². The standard InChI is InChI=1S/C49H62N2O16/c1-9-48(7,10-2)67-47-41(50-27(6)52)42(26(5)38(63-47)23-61-39(56)24-60-18-17-25(3)4)64-40-22-35(55)43(59-8)44(65-40)45(57)51-28-11-14-32-31(19-28)46(58)66-49(32)33-15-12-29(53)20-36(33)62-37-21-30(54)13-16-34(37)49/h11-16,19-21,26,35,38-44,47,53-56H,3,9-10,17-18,22-24H2,1-2,4-8H3,(H,50,52)(H,51,57). The van der Waals surface area contributed by atoms with E-state index in [9.17, 15) is 34.8 Å². The van der Waals surface area contributed by atoms with Gasteiger partial charge in [0.1, 0.15) is 35.1 Å². The van der Waals surface area contributed by atoms with Crippen molar-refractivity contribution in [1.82, 2.24) is 5.32 Å². The van der Waals surface area contributed by atoms with Gasteiger partial charge in [0.2, 0.25) is 5.91 Å². The normalized spacial score (nSPS) is 26.6. The van der Waals surface area contributed by atoms with Crippen molar-refractivity contribution in [1.29, 1.82) is 0 Å². The number of amides is 2. The van der Waals surface area contributed by atoms with Crippen LogP contribution in [0.2, 0.25) is 0 Å². The van der Waals surface area contributed by atoms with Gasteiger partial charge in [-0.05, 0) is 69.5 Å². The second-order valence-electron chi connectivity index (χ2n) is 17.8. The molecule has 2 amide bonds. The number of aliphatic hydroxyl groups excluding tert-OH is 2. The minimum absolute atomic E-state index is 0.0845. The number of ether oxygens (including phenoxy) is 9. The van der Waals surface area contributed by atoms with E-state index in [1.165, 1.54) is 44.4 Å². The van der Waals surface area contributed by atoms with Gasteiger partial charge < -0.3 is 73.7 Å². The lowest BCUT2D eigenvalue weighted by atomic mass is 9.77. The SMILES string of the molecule is C=C(C)CCOCC(O)OCC1OC(OC(C)(CC)CC)C(NC(C)=O)C(OC2CC(O)C(OC)C(C(=O)Nc3ccc4c(c3)C(=O)OC43c4ccc(O)cc4Oc4cc(O)ccc43)O2)C1C. The zero-order valence-electron chi connectivity index (χ0n) is 38.8. The number of anilines is 1. The minimum Gasteiger partial charge on any atom is -0.508 e. The maximum absolute atomic E-state index is 14.3. The van der Waals surface area contributed by atoms with Gasteiger partial charge in [-0.25, -0.2) is 4.79 Å². The number of phenols is 2. The molecule has 4 aliphatic rings. The van der Waals surface area contributed by atoms with Crippen LogP contribution in [0.4, 0.5) is 5.69 Å². The van der Waals surface area contributed by atoms with E-state index in [1.807, 2.05) is 34.6 Å². The molecule has 0 aromatic heterocycles. The van der Waals surface area contributed by atoms with E-state index in [4.69, 9.17) is 42.6 Å². The molecule has 18 heteroatoms. The molecule has 2 saturated heterocycles. The lowest BCUT2D eigenvalue weighted by Crippen LogP contribution is -2.65. The lowest BCUT2D eigenvalue weighted by Gasteiger charge is -2.49. The third-order valence-corrected chi connectivity index (χ3v) is 13.0. The Kier molecular flexibility index (Phi) is 15.3. The van der Waals surface area contributed by atoms with E-state index in [2.05, 4.69) is 17.2 Å². The van der Waals surface area contributed by atoms with Crippen molar-refractivity contribution in [3.8, 4) is 23.0 Å². The van der Waals surface area contributed by atoms with E-state index >= 15 is 0 Å². The molecule has 1 spiro atoms. The molecule has 0 saturated carbocycles. The largest absolute Gasteiger partial charge is 0.508 e. The molecule has 0 bridgehead atoms. The molecular formula is C49H62N2O16. The summed E-state index contributed by atoms with van der Waals surface area (Å²) in [6, 6.07) is 12.6. The van der Waals surface area contributed by atoms with E-state index in [1.54, 1.807) is 24.3 Å². The number of methoxy groups -OCH3 is 1. The van der Waals surface area contributed by atoms with Crippen LogP contribution in [0.15, 0.2) is 66.7 Å². The van der Waals surface area contributed by atoms with Crippen molar-refractivity contribution in [2.45, 2.75) is 134 Å². The van der Waals surface area contributed by atoms with Gasteiger partial charge in [-0.15, -0.1) is 6.58 Å². The molecule has 2 fully saturated rings. The predicted molar refractivity (Wildman–Crippen MR) is 239 cm³/mol. The molecule has 4 heterocycles. The van der Waals surface area contributed by atoms with Gasteiger partial charge >= 0.3 is 5.97 Å². The van der Waals surface area contributed by atoms with Crippen LogP contribution in [0.25, 0.3) is 0 Å². The van der Waals surface area contributed by atoms with Gasteiger partial charge in [-0.3, -0.25) is 9.59 Å². The average Bonchev–Trinajstić information content (AvgIpc) is 3.56. The molecule has 364 valence electrons. The number of nitrogens with one attached hydrogen (secondary N) is 2. The topological polar surface area (TPSA) is 239 Å². The summed E-state index contributed by atoms with van der Waals surface area (Å²) in [6.45, 7) is 15.0. The summed E-state index contributed by atoms with van der Waals surface area (Å²) in [6.07, 6.45) is -7.29. The molecule has 3 aromatic rings. The number of esters is 1. The van der Waals surface area contributed by atoms with Crippen LogP contribution in [-0.2, 0) is 53.1 Å². The number of carbonyl (C=O) groups excluding carboxylic acids is 3. The number of aromatic hydroxyl groups is 2. The zero-order chi connectivity index (χ0) is 48.4. The molecule has 0 aliphatic carbocycles. The Hall–Kier alpha value is -5.15. The first-order valence-electron chi connectivity index (χ1n) is 22.6. The Labute approximate surface area is 389 Å². The molecule has 10 atom stereocenters. The maximum Gasteiger partial charge on any atom is 0.340 e. The van der Waals surface area contributed by atoms with Gasteiger partial charge in [0, 0.05) is 60.9 Å². The van der Waals surface area contributed by atoms with E-state index in [0.717, 1.165) is 5.57 Å². The second-order valence-corrected chi connectivity index (χ2v) is 17.8. The van der Waals surface area contributed by atoms with Crippen LogP contribution in [0.5, 0.6) is 23.0 Å². The van der Waals surface area contributed by atoms with Crippen molar-refractivity contribution >= 4 is 23.5 Å². The first kappa shape index (κ1) is 49.7. The van der Waals surface area contributed by atoms with Crippen LogP contribution >= 0.6 is 0 Å². The maximum atomic E-state index is 14.3. The number of fused-ring (bicyclic) bond motifs is 6. The van der Waals surface area contributed by atoms with Gasteiger partial charge in [-0.1, -0.05) is 32.4 Å². The third kappa shape index (κ3) is 10.5. The number of carbonyl (C=O) groups is 3. The molecule has 10 unspecified atom stereocenters. The lowest BCUT2D eigenvalue weighted by molar-refractivity contribution is -0.326. The van der Waals surface area contributed by atoms with Crippen molar-refractivity contribution in [3.05, 3.63) is 89.0 Å². The summed E-state index contributed by atoms with van der Waals surface area (Å²) >= 11 is 0. The number of phenolic OH excluding ortho intramolecular Hbond substituents is 2. The predicted octanol–water partition coefficient (Wildman–Crippen LogP) is 5.26. The fourth-order valence-electron chi connectivity index (χ4n) is 8.92. The van der Waals surface area contributed by atoms with Crippen LogP contribution in [0, 0.1) is 5.92 Å². The summed E-state index contributed by atoms with van der Waals surface area (Å²) in [7, 11) is 1.34. The van der Waals surface area contributed by atoms with Crippen LogP contribution in [0.1, 0.15) is 94.3 Å². The number of rotatable bonds is 18. The van der Waals surface area contributed by atoms with E-state index < -0.39 is 84.4 Å². The fourth-order valence-corrected chi connectivity index (χ4v) is 8.92. The Morgan fingerprint density at radius 2 is 1.63 bits per heavy atom. The molecule has 0 radical (unpaired) electrons. The minimum atomic E-state index is -1.52. The summed E-state index contributed by atoms with van der Waals surface area (Å²) < 4.78 is 55.3. The highest BCUT2D eigenvalue weighted by molar-refractivity contribution is 6.00. The summed E-state index contributed by atoms with van der Waals surface area (Å²) in [4.78, 5) is 40.8. The molecule has 7 rings (SSSR count). The second kappa shape index (κ2) is 20.6. The fraction of sp³-hybridized carbons (Fsp3) is 0.531. The molecule has 67 heavy (non-hydrogen) atoms. The Morgan fingerprint density at radius 1 is 0.970 bits per heavy atom. The number of aliphatic hydroxyl groups is 2. The number of benzene rings is 3. The van der Waals surface area contributed by atoms with E-state index in [0.29, 0.717) is 42.6 Å². The molecule has 3 aromatic carbocycles. The molecule has 18 nitrogen and oxygen atoms in total. The zero-order valence-corrected chi connectivity index (χ0v) is 38.8. The Balaban J connectivity index is 1.13. The highest BCUT2D eigenvalue weighted by Gasteiger charge is 2.55. The highest BCUT2D eigenvalue weighted by Crippen LogP contribution is 2.57. The van der Waals surface area contributed by atoms with Gasteiger partial charge in [0.05, 0.1) is 49.3 Å². The van der Waals surface area contributed by atoms with Crippen LogP contribution in [-0.4, -0.2) is 126 Å². The monoisotopic (exact) mass is 934 g/mol. The van der Waals surface area contributed by atoms with Crippen molar-refractivity contribution < 1.29 is 77.4 Å². The summed E-state index contributed by atoms with van der Waals surface area (Å²) in [5.74, 6) is -2.10.